The third kappa shape index (κ3) is 32.1. The highest BCUT2D eigenvalue weighted by molar-refractivity contribution is 6.29. The summed E-state index contributed by atoms with van der Waals surface area (Å²) in [4.78, 5) is 8.00. The first-order chi connectivity index (χ1) is 14.9. The van der Waals surface area contributed by atoms with Crippen molar-refractivity contribution < 1.29 is 4.79 Å². The Morgan fingerprint density at radius 2 is 1.25 bits per heavy atom. The largest absolute Gasteiger partial charge is 0.402 e. The zero-order chi connectivity index (χ0) is 27.4. The van der Waals surface area contributed by atoms with E-state index in [0.717, 1.165) is 33.0 Å². The summed E-state index contributed by atoms with van der Waals surface area (Å²) < 4.78 is 0. The maximum absolute atomic E-state index is 8.00. The molecule has 0 bridgehead atoms. The SMILES string of the molecule is C=C.C=C(C)/C(N)=C\C(C)=C(/C)Cl.C=O.CC.CC.C\C=C(C)/C(=C/C=C(/C)N)C(C)=N. The molecule has 0 aromatic heterocycles. The number of nitrogens with two attached hydrogens (primary N) is 2. The van der Waals surface area contributed by atoms with Crippen LogP contribution in [0, 0.1) is 5.41 Å². The van der Waals surface area contributed by atoms with Gasteiger partial charge in [0.1, 0.15) is 6.79 Å². The Kier molecular flexibility index (Phi) is 44.7. The van der Waals surface area contributed by atoms with Crippen LogP contribution in [0.3, 0.4) is 0 Å². The van der Waals surface area contributed by atoms with Crippen LogP contribution in [0.5, 0.6) is 0 Å². The van der Waals surface area contributed by atoms with Gasteiger partial charge in [-0.3, -0.25) is 0 Å². The summed E-state index contributed by atoms with van der Waals surface area (Å²) in [6, 6.07) is 0. The van der Waals surface area contributed by atoms with Gasteiger partial charge in [-0.25, -0.2) is 0 Å². The van der Waals surface area contributed by atoms with Gasteiger partial charge >= 0.3 is 0 Å². The fourth-order valence-corrected chi connectivity index (χ4v) is 1.43. The fourth-order valence-electron chi connectivity index (χ4n) is 1.38. The van der Waals surface area contributed by atoms with E-state index in [0.29, 0.717) is 11.4 Å². The smallest absolute Gasteiger partial charge is 0.106 e. The highest BCUT2D eigenvalue weighted by Crippen LogP contribution is 2.12. The number of hydrogen-bond donors (Lipinski definition) is 3. The predicted octanol–water partition coefficient (Wildman–Crippen LogP) is 8.39. The van der Waals surface area contributed by atoms with Crippen molar-refractivity contribution in [2.45, 2.75) is 76.2 Å². The second kappa shape index (κ2) is 33.1. The molecule has 0 amide bonds. The molecule has 0 aliphatic rings. The highest BCUT2D eigenvalue weighted by atomic mass is 35.5. The minimum Gasteiger partial charge on any atom is -0.402 e. The molecule has 0 aliphatic carbocycles. The molecule has 0 spiro atoms. The minimum absolute atomic E-state index is 0.563. The summed E-state index contributed by atoms with van der Waals surface area (Å²) in [7, 11) is 0. The first-order valence-electron chi connectivity index (χ1n) is 10.5. The van der Waals surface area contributed by atoms with Crippen LogP contribution in [0.2, 0.25) is 0 Å². The maximum atomic E-state index is 8.00. The standard InChI is InChI=1S/C11H18N2.C9H14ClN.2C2H6.C2H4.CH2O/c1-5-8(2)11(10(4)13)7-6-9(3)12;1-6(2)9(11)5-7(3)8(4)10;4*1-2/h5-7,13H,12H2,1-4H3;5H,1,11H2,2-4H3;2*1-2H3;1-2H2;1H2/b8-5-,9-6-,11-7-,13-10?;8-7+,9-5+;;;;. The molecule has 0 saturated heterocycles. The number of carbonyl (C=O) groups is 1. The van der Waals surface area contributed by atoms with E-state index in [1.165, 1.54) is 0 Å². The van der Waals surface area contributed by atoms with Crippen LogP contribution in [-0.2, 0) is 4.79 Å². The number of halogens is 1. The molecule has 0 rings (SSSR count). The molecule has 0 saturated carbocycles. The molecule has 0 unspecified atom stereocenters. The van der Waals surface area contributed by atoms with Gasteiger partial charge in [-0.05, 0) is 82.9 Å². The van der Waals surface area contributed by atoms with Crippen LogP contribution in [0.1, 0.15) is 76.2 Å². The normalized spacial score (nSPS) is 11.5. The Bertz CT molecular complexity index is 642. The lowest BCUT2D eigenvalue weighted by Crippen LogP contribution is -1.97. The van der Waals surface area contributed by atoms with Gasteiger partial charge in [0.05, 0.1) is 0 Å². The van der Waals surface area contributed by atoms with E-state index in [4.69, 9.17) is 33.3 Å². The molecule has 186 valence electrons. The Balaban J connectivity index is -0.0000000807. The quantitative estimate of drug-likeness (QED) is 0.215. The maximum Gasteiger partial charge on any atom is 0.106 e. The highest BCUT2D eigenvalue weighted by Gasteiger charge is 1.99. The van der Waals surface area contributed by atoms with Crippen molar-refractivity contribution in [3.63, 3.8) is 0 Å². The van der Waals surface area contributed by atoms with Gasteiger partial charge in [0.25, 0.3) is 0 Å². The van der Waals surface area contributed by atoms with E-state index < -0.39 is 0 Å². The molecule has 0 radical (unpaired) electrons. The molecule has 0 aliphatic heterocycles. The van der Waals surface area contributed by atoms with Crippen LogP contribution in [-0.4, -0.2) is 12.5 Å². The van der Waals surface area contributed by atoms with Crippen molar-refractivity contribution in [3.8, 4) is 0 Å². The van der Waals surface area contributed by atoms with Crippen molar-refractivity contribution in [2.24, 2.45) is 11.5 Å². The van der Waals surface area contributed by atoms with E-state index in [9.17, 15) is 0 Å². The second-order valence-electron chi connectivity index (χ2n) is 5.68. The lowest BCUT2D eigenvalue weighted by Gasteiger charge is -2.04. The fraction of sp³-hybridized carbons (Fsp3) is 0.407. The molecule has 5 N–H and O–H groups in total. The van der Waals surface area contributed by atoms with Crippen LogP contribution >= 0.6 is 11.6 Å². The van der Waals surface area contributed by atoms with E-state index in [1.54, 1.807) is 6.92 Å². The molecule has 32 heavy (non-hydrogen) atoms. The molecule has 4 nitrogen and oxygen atoms in total. The number of rotatable bonds is 5. The lowest BCUT2D eigenvalue weighted by atomic mass is 10.0. The van der Waals surface area contributed by atoms with Crippen molar-refractivity contribution >= 4 is 24.1 Å². The molecule has 0 heterocycles. The molecule has 0 fully saturated rings. The first kappa shape index (κ1) is 43.3. The number of allylic oxidation sites excluding steroid dienone is 10. The van der Waals surface area contributed by atoms with Crippen LogP contribution in [0.15, 0.2) is 82.8 Å². The molecule has 0 aromatic rings. The Hall–Kier alpha value is -2.59. The van der Waals surface area contributed by atoms with Gasteiger partial charge in [-0.15, -0.1) is 13.2 Å². The van der Waals surface area contributed by atoms with Gasteiger partial charge in [-0.2, -0.15) is 0 Å². The van der Waals surface area contributed by atoms with Crippen LogP contribution in [0.4, 0.5) is 0 Å². The average molecular weight is 468 g/mol. The summed E-state index contributed by atoms with van der Waals surface area (Å²) in [5.41, 5.74) is 17.0. The predicted molar refractivity (Wildman–Crippen MR) is 151 cm³/mol. The Labute approximate surface area is 204 Å². The van der Waals surface area contributed by atoms with Crippen LogP contribution < -0.4 is 11.5 Å². The van der Waals surface area contributed by atoms with Crippen molar-refractivity contribution in [1.29, 1.82) is 5.41 Å². The lowest BCUT2D eigenvalue weighted by molar-refractivity contribution is -0.0979. The van der Waals surface area contributed by atoms with Gasteiger partial charge in [0, 0.05) is 22.1 Å². The first-order valence-corrected chi connectivity index (χ1v) is 10.9. The summed E-state index contributed by atoms with van der Waals surface area (Å²) >= 11 is 5.73. The summed E-state index contributed by atoms with van der Waals surface area (Å²) in [6.45, 7) is 32.9. The molecule has 5 heteroatoms. The third-order valence-electron chi connectivity index (χ3n) is 3.18. The molecular weight excluding hydrogens is 418 g/mol. The van der Waals surface area contributed by atoms with Crippen molar-refractivity contribution in [1.82, 2.24) is 0 Å². The summed E-state index contributed by atoms with van der Waals surface area (Å²) in [5, 5.41) is 8.31. The molecular formula is C27H50ClN3O. The van der Waals surface area contributed by atoms with Gasteiger partial charge in [0.15, 0.2) is 0 Å². The van der Waals surface area contributed by atoms with Gasteiger partial charge in [0.2, 0.25) is 0 Å². The van der Waals surface area contributed by atoms with E-state index in [-0.39, 0.29) is 0 Å². The average Bonchev–Trinajstić information content (AvgIpc) is 2.78. The second-order valence-corrected chi connectivity index (χ2v) is 6.25. The minimum atomic E-state index is 0.563. The monoisotopic (exact) mass is 467 g/mol. The summed E-state index contributed by atoms with van der Waals surface area (Å²) in [5.74, 6) is 0. The number of carbonyl (C=O) groups excluding carboxylic acids is 1. The molecule has 0 aromatic carbocycles. The van der Waals surface area contributed by atoms with Gasteiger partial charge < -0.3 is 21.7 Å². The Morgan fingerprint density at radius 1 is 0.875 bits per heavy atom. The van der Waals surface area contributed by atoms with Crippen molar-refractivity contribution in [3.05, 3.63) is 82.8 Å². The third-order valence-corrected chi connectivity index (χ3v) is 3.48. The topological polar surface area (TPSA) is 93.0 Å². The summed E-state index contributed by atoms with van der Waals surface area (Å²) in [6.07, 6.45) is 7.52. The van der Waals surface area contributed by atoms with Crippen LogP contribution in [0.25, 0.3) is 0 Å². The van der Waals surface area contributed by atoms with E-state index >= 15 is 0 Å². The molecule has 0 atom stereocenters. The van der Waals surface area contributed by atoms with Crippen molar-refractivity contribution in [2.75, 3.05) is 0 Å². The Morgan fingerprint density at radius 3 is 1.47 bits per heavy atom. The zero-order valence-electron chi connectivity index (χ0n) is 22.6. The van der Waals surface area contributed by atoms with E-state index in [2.05, 4.69) is 19.7 Å². The zero-order valence-corrected chi connectivity index (χ0v) is 23.3. The van der Waals surface area contributed by atoms with E-state index in [1.807, 2.05) is 100 Å². The van der Waals surface area contributed by atoms with Gasteiger partial charge in [-0.1, -0.05) is 58.0 Å². The number of nitrogens with one attached hydrogen (secondary N) is 1. The number of hydrogen-bond acceptors (Lipinski definition) is 4.